The summed E-state index contributed by atoms with van der Waals surface area (Å²) >= 11 is 0. The zero-order valence-electron chi connectivity index (χ0n) is 9.37. The summed E-state index contributed by atoms with van der Waals surface area (Å²) in [6.07, 6.45) is 0.451. The number of nitrogens with zero attached hydrogens (tertiary/aromatic N) is 1. The van der Waals surface area contributed by atoms with Crippen molar-refractivity contribution in [3.63, 3.8) is 0 Å². The van der Waals surface area contributed by atoms with Gasteiger partial charge in [0, 0.05) is 25.6 Å². The molecule has 0 rings (SSSR count). The summed E-state index contributed by atoms with van der Waals surface area (Å²) in [4.78, 5) is 13.3. The van der Waals surface area contributed by atoms with Crippen LogP contribution in [0, 0.1) is 5.92 Å². The second-order valence-corrected chi connectivity index (χ2v) is 4.21. The molecule has 78 valence electrons. The van der Waals surface area contributed by atoms with Crippen LogP contribution in [0.3, 0.4) is 0 Å². The van der Waals surface area contributed by atoms with Crippen LogP contribution >= 0.6 is 0 Å². The highest BCUT2D eigenvalue weighted by Crippen LogP contribution is 2.06. The molecule has 0 spiro atoms. The van der Waals surface area contributed by atoms with E-state index in [0.29, 0.717) is 12.3 Å². The van der Waals surface area contributed by atoms with Crippen molar-refractivity contribution < 1.29 is 4.79 Å². The van der Waals surface area contributed by atoms with Crippen LogP contribution in [0.5, 0.6) is 0 Å². The van der Waals surface area contributed by atoms with Gasteiger partial charge in [-0.3, -0.25) is 4.79 Å². The third-order valence-corrected chi connectivity index (χ3v) is 2.43. The first-order chi connectivity index (χ1) is 5.86. The molecule has 0 aliphatic carbocycles. The standard InChI is InChI=1S/C10H22N2O/c1-7(2)9(11)6-10(13)12(5)8(3)4/h7-9H,6,11H2,1-5H3. The first kappa shape index (κ1) is 12.4. The Morgan fingerprint density at radius 3 is 2.08 bits per heavy atom. The molecule has 1 atom stereocenters. The maximum absolute atomic E-state index is 11.5. The van der Waals surface area contributed by atoms with Gasteiger partial charge >= 0.3 is 0 Å². The van der Waals surface area contributed by atoms with Gasteiger partial charge in [-0.1, -0.05) is 13.8 Å². The molecule has 0 aliphatic rings. The molecule has 0 heterocycles. The average Bonchev–Trinajstić information content (AvgIpc) is 2.02. The molecule has 0 saturated heterocycles. The summed E-state index contributed by atoms with van der Waals surface area (Å²) in [6, 6.07) is 0.237. The number of carbonyl (C=O) groups excluding carboxylic acids is 1. The minimum absolute atomic E-state index is 0.0197. The fraction of sp³-hybridized carbons (Fsp3) is 0.900. The largest absolute Gasteiger partial charge is 0.343 e. The zero-order valence-corrected chi connectivity index (χ0v) is 9.37. The van der Waals surface area contributed by atoms with E-state index in [0.717, 1.165) is 0 Å². The van der Waals surface area contributed by atoms with Gasteiger partial charge in [-0.25, -0.2) is 0 Å². The number of carbonyl (C=O) groups is 1. The molecule has 0 aromatic rings. The van der Waals surface area contributed by atoms with E-state index in [1.165, 1.54) is 0 Å². The summed E-state index contributed by atoms with van der Waals surface area (Å²) in [5.41, 5.74) is 5.81. The van der Waals surface area contributed by atoms with E-state index < -0.39 is 0 Å². The molecule has 3 nitrogen and oxygen atoms in total. The minimum atomic E-state index is -0.0197. The van der Waals surface area contributed by atoms with E-state index in [1.54, 1.807) is 4.90 Å². The molecule has 2 N–H and O–H groups in total. The van der Waals surface area contributed by atoms with Crippen LogP contribution in [0.15, 0.2) is 0 Å². The average molecular weight is 186 g/mol. The third-order valence-electron chi connectivity index (χ3n) is 2.43. The van der Waals surface area contributed by atoms with E-state index in [1.807, 2.05) is 34.7 Å². The van der Waals surface area contributed by atoms with Crippen LogP contribution in [-0.2, 0) is 4.79 Å². The number of nitrogens with two attached hydrogens (primary N) is 1. The molecule has 13 heavy (non-hydrogen) atoms. The summed E-state index contributed by atoms with van der Waals surface area (Å²) in [5, 5.41) is 0. The summed E-state index contributed by atoms with van der Waals surface area (Å²) < 4.78 is 0. The molecule has 0 fully saturated rings. The molecule has 0 aliphatic heterocycles. The number of hydrogen-bond acceptors (Lipinski definition) is 2. The first-order valence-corrected chi connectivity index (χ1v) is 4.87. The molecule has 1 amide bonds. The van der Waals surface area contributed by atoms with Crippen molar-refractivity contribution in [3.8, 4) is 0 Å². The van der Waals surface area contributed by atoms with Crippen LogP contribution in [0.25, 0.3) is 0 Å². The van der Waals surface area contributed by atoms with Crippen molar-refractivity contribution in [3.05, 3.63) is 0 Å². The molecular formula is C10H22N2O. The Morgan fingerprint density at radius 1 is 1.31 bits per heavy atom. The lowest BCUT2D eigenvalue weighted by atomic mass is 10.0. The zero-order chi connectivity index (χ0) is 10.6. The Balaban J connectivity index is 4.00. The quantitative estimate of drug-likeness (QED) is 0.717. The summed E-state index contributed by atoms with van der Waals surface area (Å²) in [6.45, 7) is 8.07. The van der Waals surface area contributed by atoms with E-state index in [4.69, 9.17) is 5.73 Å². The van der Waals surface area contributed by atoms with Gasteiger partial charge < -0.3 is 10.6 Å². The fourth-order valence-electron chi connectivity index (χ4n) is 0.869. The lowest BCUT2D eigenvalue weighted by Crippen LogP contribution is -2.38. The molecule has 3 heteroatoms. The lowest BCUT2D eigenvalue weighted by Gasteiger charge is -2.24. The van der Waals surface area contributed by atoms with Gasteiger partial charge in [0.05, 0.1) is 0 Å². The molecule has 0 radical (unpaired) electrons. The van der Waals surface area contributed by atoms with Gasteiger partial charge in [-0.15, -0.1) is 0 Å². The fourth-order valence-corrected chi connectivity index (χ4v) is 0.869. The number of amides is 1. The summed E-state index contributed by atoms with van der Waals surface area (Å²) in [7, 11) is 1.82. The van der Waals surface area contributed by atoms with Crippen LogP contribution in [0.4, 0.5) is 0 Å². The van der Waals surface area contributed by atoms with Crippen molar-refractivity contribution in [2.24, 2.45) is 11.7 Å². The highest BCUT2D eigenvalue weighted by Gasteiger charge is 2.17. The highest BCUT2D eigenvalue weighted by atomic mass is 16.2. The van der Waals surface area contributed by atoms with Gasteiger partial charge in [0.1, 0.15) is 0 Å². The van der Waals surface area contributed by atoms with Gasteiger partial charge in [-0.2, -0.15) is 0 Å². The Bertz CT molecular complexity index is 166. The Morgan fingerprint density at radius 2 is 1.77 bits per heavy atom. The molecule has 0 aromatic heterocycles. The van der Waals surface area contributed by atoms with E-state index >= 15 is 0 Å². The Labute approximate surface area is 81.3 Å². The van der Waals surface area contributed by atoms with Crippen LogP contribution < -0.4 is 5.73 Å². The molecule has 0 bridgehead atoms. The molecule has 0 aromatic carbocycles. The Hall–Kier alpha value is -0.570. The molecule has 0 saturated carbocycles. The van der Waals surface area contributed by atoms with E-state index in [-0.39, 0.29) is 18.0 Å². The smallest absolute Gasteiger partial charge is 0.224 e. The van der Waals surface area contributed by atoms with Gasteiger partial charge in [0.15, 0.2) is 0 Å². The number of rotatable bonds is 4. The van der Waals surface area contributed by atoms with Crippen LogP contribution in [0.1, 0.15) is 34.1 Å². The van der Waals surface area contributed by atoms with Gasteiger partial charge in [-0.05, 0) is 19.8 Å². The number of hydrogen-bond donors (Lipinski definition) is 1. The normalized spacial score (nSPS) is 13.5. The second-order valence-electron chi connectivity index (χ2n) is 4.21. The van der Waals surface area contributed by atoms with Crippen LogP contribution in [-0.4, -0.2) is 29.9 Å². The van der Waals surface area contributed by atoms with Gasteiger partial charge in [0.25, 0.3) is 0 Å². The van der Waals surface area contributed by atoms with E-state index in [2.05, 4.69) is 0 Å². The maximum Gasteiger partial charge on any atom is 0.224 e. The van der Waals surface area contributed by atoms with Crippen molar-refractivity contribution in [2.75, 3.05) is 7.05 Å². The van der Waals surface area contributed by atoms with Crippen molar-refractivity contribution in [1.29, 1.82) is 0 Å². The molecule has 1 unspecified atom stereocenters. The van der Waals surface area contributed by atoms with E-state index in [9.17, 15) is 4.79 Å². The topological polar surface area (TPSA) is 46.3 Å². The van der Waals surface area contributed by atoms with Crippen molar-refractivity contribution in [1.82, 2.24) is 4.90 Å². The van der Waals surface area contributed by atoms with Crippen molar-refractivity contribution >= 4 is 5.91 Å². The SMILES string of the molecule is CC(C)C(N)CC(=O)N(C)C(C)C. The van der Waals surface area contributed by atoms with Gasteiger partial charge in [0.2, 0.25) is 5.91 Å². The summed E-state index contributed by atoms with van der Waals surface area (Å²) in [5.74, 6) is 0.501. The molecular weight excluding hydrogens is 164 g/mol. The predicted octanol–water partition coefficient (Wildman–Crippen LogP) is 1.23. The second kappa shape index (κ2) is 5.22. The monoisotopic (exact) mass is 186 g/mol. The van der Waals surface area contributed by atoms with Crippen LogP contribution in [0.2, 0.25) is 0 Å². The highest BCUT2D eigenvalue weighted by molar-refractivity contribution is 5.76. The lowest BCUT2D eigenvalue weighted by molar-refractivity contribution is -0.131. The first-order valence-electron chi connectivity index (χ1n) is 4.87. The predicted molar refractivity (Wildman–Crippen MR) is 55.3 cm³/mol. The van der Waals surface area contributed by atoms with Crippen molar-refractivity contribution in [2.45, 2.75) is 46.2 Å². The third kappa shape index (κ3) is 4.27. The Kier molecular flexibility index (Phi) is 4.99. The minimum Gasteiger partial charge on any atom is -0.343 e. The maximum atomic E-state index is 11.5.